The predicted octanol–water partition coefficient (Wildman–Crippen LogP) is 4.64. The van der Waals surface area contributed by atoms with Gasteiger partial charge in [0.1, 0.15) is 18.1 Å². The van der Waals surface area contributed by atoms with Crippen LogP contribution in [0.4, 0.5) is 5.69 Å². The lowest BCUT2D eigenvalue weighted by atomic mass is 10.0. The third kappa shape index (κ3) is 5.07. The fourth-order valence-electron chi connectivity index (χ4n) is 3.36. The number of fused-ring (bicyclic) bond motifs is 1. The van der Waals surface area contributed by atoms with Crippen LogP contribution >= 0.6 is 0 Å². The van der Waals surface area contributed by atoms with E-state index in [-0.39, 0.29) is 30.4 Å². The third-order valence-electron chi connectivity index (χ3n) is 4.92. The number of nitrogens with zero attached hydrogens (tertiary/aromatic N) is 1. The Morgan fingerprint density at radius 1 is 1.09 bits per heavy atom. The molecule has 0 unspecified atom stereocenters. The molecule has 0 radical (unpaired) electrons. The molecule has 8 heteroatoms. The summed E-state index contributed by atoms with van der Waals surface area (Å²) in [5, 5.41) is 11.0. The van der Waals surface area contributed by atoms with Gasteiger partial charge in [-0.3, -0.25) is 14.9 Å². The van der Waals surface area contributed by atoms with Crippen LogP contribution in [-0.2, 0) is 16.1 Å². The minimum absolute atomic E-state index is 0.0491. The second kappa shape index (κ2) is 9.35. The number of non-ortho nitro benzene ring substituents is 1. The zero-order chi connectivity index (χ0) is 23.4. The Morgan fingerprint density at radius 3 is 2.64 bits per heavy atom. The van der Waals surface area contributed by atoms with Crippen LogP contribution in [0.25, 0.3) is 6.08 Å². The Hall–Kier alpha value is -4.46. The molecule has 1 aliphatic heterocycles. The molecule has 3 aromatic rings. The van der Waals surface area contributed by atoms with Crippen LogP contribution in [0.1, 0.15) is 27.0 Å². The van der Waals surface area contributed by atoms with Gasteiger partial charge in [-0.05, 0) is 35.8 Å². The SMILES string of the molecule is Cc1cc(OCC(=O)OCc2ccccc2)cc2c1C(=O)/C(=C/c1cccc([N+](=O)[O-])c1)O2. The average molecular weight is 445 g/mol. The summed E-state index contributed by atoms with van der Waals surface area (Å²) in [6.45, 7) is 1.59. The van der Waals surface area contributed by atoms with Gasteiger partial charge in [-0.2, -0.15) is 0 Å². The number of allylic oxidation sites excluding steroid dienone is 1. The molecule has 33 heavy (non-hydrogen) atoms. The van der Waals surface area contributed by atoms with Gasteiger partial charge in [0.05, 0.1) is 10.5 Å². The number of aryl methyl sites for hydroxylation is 1. The number of benzene rings is 3. The van der Waals surface area contributed by atoms with Crippen molar-refractivity contribution >= 4 is 23.5 Å². The minimum Gasteiger partial charge on any atom is -0.482 e. The lowest BCUT2D eigenvalue weighted by molar-refractivity contribution is -0.384. The number of ketones is 1. The van der Waals surface area contributed by atoms with Crippen molar-refractivity contribution in [2.75, 3.05) is 6.61 Å². The molecule has 4 rings (SSSR count). The highest BCUT2D eigenvalue weighted by Gasteiger charge is 2.30. The maximum absolute atomic E-state index is 12.8. The summed E-state index contributed by atoms with van der Waals surface area (Å²) >= 11 is 0. The molecule has 1 heterocycles. The van der Waals surface area contributed by atoms with E-state index in [9.17, 15) is 19.7 Å². The second-order valence-electron chi connectivity index (χ2n) is 7.34. The molecule has 1 aliphatic rings. The van der Waals surface area contributed by atoms with E-state index in [1.165, 1.54) is 30.3 Å². The summed E-state index contributed by atoms with van der Waals surface area (Å²) < 4.78 is 16.4. The summed E-state index contributed by atoms with van der Waals surface area (Å²) in [5.41, 5.74) is 2.25. The van der Waals surface area contributed by atoms with E-state index < -0.39 is 10.9 Å². The van der Waals surface area contributed by atoms with E-state index >= 15 is 0 Å². The lowest BCUT2D eigenvalue weighted by Gasteiger charge is -2.09. The Balaban J connectivity index is 1.44. The Kier molecular flexibility index (Phi) is 6.17. The van der Waals surface area contributed by atoms with Gasteiger partial charge in [0.2, 0.25) is 5.78 Å². The van der Waals surface area contributed by atoms with E-state index in [2.05, 4.69) is 0 Å². The van der Waals surface area contributed by atoms with Crippen LogP contribution in [0.15, 0.2) is 72.5 Å². The fraction of sp³-hybridized carbons (Fsp3) is 0.120. The number of carbonyl (C=O) groups excluding carboxylic acids is 2. The number of ether oxygens (including phenoxy) is 3. The first kappa shape index (κ1) is 21.8. The maximum atomic E-state index is 12.8. The van der Waals surface area contributed by atoms with Gasteiger partial charge in [0, 0.05) is 18.2 Å². The molecule has 8 nitrogen and oxygen atoms in total. The van der Waals surface area contributed by atoms with Gasteiger partial charge in [-0.1, -0.05) is 42.5 Å². The van der Waals surface area contributed by atoms with Crippen LogP contribution in [0.5, 0.6) is 11.5 Å². The van der Waals surface area contributed by atoms with Crippen molar-refractivity contribution in [3.05, 3.63) is 105 Å². The first-order valence-electron chi connectivity index (χ1n) is 10.1. The number of hydrogen-bond acceptors (Lipinski definition) is 7. The highest BCUT2D eigenvalue weighted by atomic mass is 16.6. The zero-order valence-corrected chi connectivity index (χ0v) is 17.6. The van der Waals surface area contributed by atoms with Gasteiger partial charge in [-0.25, -0.2) is 4.79 Å². The summed E-state index contributed by atoms with van der Waals surface area (Å²) in [6.07, 6.45) is 1.45. The quantitative estimate of drug-likeness (QED) is 0.226. The molecular weight excluding hydrogens is 426 g/mol. The second-order valence-corrected chi connectivity index (χ2v) is 7.34. The van der Waals surface area contributed by atoms with Crippen molar-refractivity contribution in [2.45, 2.75) is 13.5 Å². The highest BCUT2D eigenvalue weighted by molar-refractivity contribution is 6.15. The van der Waals surface area contributed by atoms with Crippen molar-refractivity contribution in [1.29, 1.82) is 0 Å². The molecular formula is C25H19NO7. The molecule has 0 N–H and O–H groups in total. The molecule has 0 spiro atoms. The number of nitro groups is 1. The molecule has 166 valence electrons. The van der Waals surface area contributed by atoms with E-state index in [0.717, 1.165) is 5.56 Å². The van der Waals surface area contributed by atoms with E-state index in [1.807, 2.05) is 30.3 Å². The van der Waals surface area contributed by atoms with Crippen LogP contribution in [-0.4, -0.2) is 23.3 Å². The lowest BCUT2D eigenvalue weighted by Crippen LogP contribution is -2.14. The molecule has 0 bridgehead atoms. The summed E-state index contributed by atoms with van der Waals surface area (Å²) in [7, 11) is 0. The predicted molar refractivity (Wildman–Crippen MR) is 119 cm³/mol. The Morgan fingerprint density at radius 2 is 1.88 bits per heavy atom. The summed E-state index contributed by atoms with van der Waals surface area (Å²) in [5.74, 6) is -0.159. The van der Waals surface area contributed by atoms with E-state index in [0.29, 0.717) is 28.2 Å². The number of carbonyl (C=O) groups is 2. The van der Waals surface area contributed by atoms with E-state index in [4.69, 9.17) is 14.2 Å². The van der Waals surface area contributed by atoms with Gasteiger partial charge >= 0.3 is 5.97 Å². The summed E-state index contributed by atoms with van der Waals surface area (Å²) in [4.78, 5) is 35.3. The number of esters is 1. The zero-order valence-electron chi connectivity index (χ0n) is 17.6. The third-order valence-corrected chi connectivity index (χ3v) is 4.92. The van der Waals surface area contributed by atoms with Crippen molar-refractivity contribution in [1.82, 2.24) is 0 Å². The van der Waals surface area contributed by atoms with E-state index in [1.54, 1.807) is 19.1 Å². The number of hydrogen-bond donors (Lipinski definition) is 0. The molecule has 0 aromatic heterocycles. The number of rotatable bonds is 7. The Labute approximate surface area is 189 Å². The topological polar surface area (TPSA) is 105 Å². The van der Waals surface area contributed by atoms with Crippen molar-refractivity contribution in [3.63, 3.8) is 0 Å². The first-order chi connectivity index (χ1) is 15.9. The first-order valence-corrected chi connectivity index (χ1v) is 10.1. The minimum atomic E-state index is -0.528. The standard InChI is InChI=1S/C25H19NO7/c1-16-10-20(31-15-23(27)32-14-17-6-3-2-4-7-17)13-21-24(16)25(28)22(33-21)12-18-8-5-9-19(11-18)26(29)30/h2-13H,14-15H2,1H3/b22-12-. The summed E-state index contributed by atoms with van der Waals surface area (Å²) in [6, 6.07) is 18.4. The number of Topliss-reactive ketones (excluding diaryl/α,β-unsaturated/α-hetero) is 1. The monoisotopic (exact) mass is 445 g/mol. The molecule has 0 saturated heterocycles. The number of nitro benzene ring substituents is 1. The largest absolute Gasteiger partial charge is 0.482 e. The van der Waals surface area contributed by atoms with Crippen LogP contribution in [0.3, 0.4) is 0 Å². The fourth-order valence-corrected chi connectivity index (χ4v) is 3.36. The van der Waals surface area contributed by atoms with Crippen molar-refractivity contribution in [2.24, 2.45) is 0 Å². The maximum Gasteiger partial charge on any atom is 0.344 e. The smallest absolute Gasteiger partial charge is 0.344 e. The molecule has 3 aromatic carbocycles. The molecule has 0 amide bonds. The normalized spacial score (nSPS) is 13.4. The van der Waals surface area contributed by atoms with Gasteiger partial charge < -0.3 is 14.2 Å². The average Bonchev–Trinajstić information content (AvgIpc) is 3.12. The van der Waals surface area contributed by atoms with Gasteiger partial charge in [0.15, 0.2) is 12.4 Å². The highest BCUT2D eigenvalue weighted by Crippen LogP contribution is 2.37. The Bertz CT molecular complexity index is 1270. The molecule has 0 aliphatic carbocycles. The van der Waals surface area contributed by atoms with Gasteiger partial charge in [-0.15, -0.1) is 0 Å². The molecule has 0 saturated carbocycles. The van der Waals surface area contributed by atoms with Crippen LogP contribution in [0, 0.1) is 17.0 Å². The molecule has 0 atom stereocenters. The van der Waals surface area contributed by atoms with Crippen molar-refractivity contribution in [3.8, 4) is 11.5 Å². The van der Waals surface area contributed by atoms with Gasteiger partial charge in [0.25, 0.3) is 5.69 Å². The van der Waals surface area contributed by atoms with Crippen LogP contribution in [0.2, 0.25) is 0 Å². The molecule has 0 fully saturated rings. The van der Waals surface area contributed by atoms with Crippen LogP contribution < -0.4 is 9.47 Å². The van der Waals surface area contributed by atoms with Crippen molar-refractivity contribution < 1.29 is 28.7 Å².